The highest BCUT2D eigenvalue weighted by atomic mass is 15.1. The molecule has 0 heterocycles. The summed E-state index contributed by atoms with van der Waals surface area (Å²) in [5.74, 6) is 0. The lowest BCUT2D eigenvalue weighted by atomic mass is 9.52. The third-order valence-electron chi connectivity index (χ3n) is 12.8. The number of fused-ring (bicyclic) bond motifs is 10. The minimum atomic E-state index is -0.370. The Morgan fingerprint density at radius 2 is 0.893 bits per heavy atom. The molecule has 2 aliphatic carbocycles. The van der Waals surface area contributed by atoms with Crippen molar-refractivity contribution in [3.05, 3.63) is 234 Å². The molecular weight excluding hydrogens is 675 g/mol. The number of hydrogen-bond acceptors (Lipinski definition) is 1. The second-order valence-electron chi connectivity index (χ2n) is 16.1. The normalized spacial score (nSPS) is 14.5. The third kappa shape index (κ3) is 4.67. The molecule has 0 saturated heterocycles. The summed E-state index contributed by atoms with van der Waals surface area (Å²) in [6.45, 7) is 4.80. The minimum absolute atomic E-state index is 0.131. The molecule has 0 amide bonds. The van der Waals surface area contributed by atoms with Gasteiger partial charge < -0.3 is 4.90 Å². The largest absolute Gasteiger partial charge is 0.309 e. The number of rotatable bonds is 4. The quantitative estimate of drug-likeness (QED) is 0.175. The van der Waals surface area contributed by atoms with E-state index < -0.39 is 0 Å². The summed E-state index contributed by atoms with van der Waals surface area (Å²) in [5, 5.41) is 4.97. The Hall–Kier alpha value is -6.70. The zero-order valence-corrected chi connectivity index (χ0v) is 31.7. The van der Waals surface area contributed by atoms with Gasteiger partial charge in [0, 0.05) is 22.1 Å². The van der Waals surface area contributed by atoms with E-state index in [2.05, 4.69) is 219 Å². The maximum Gasteiger partial charge on any atom is 0.0543 e. The molecule has 266 valence electrons. The lowest BCUT2D eigenvalue weighted by molar-refractivity contribution is 0.509. The molecule has 0 aliphatic heterocycles. The minimum Gasteiger partial charge on any atom is -0.309 e. The Morgan fingerprint density at radius 1 is 0.393 bits per heavy atom. The van der Waals surface area contributed by atoms with Crippen molar-refractivity contribution < 1.29 is 0 Å². The zero-order chi connectivity index (χ0) is 37.4. The maximum atomic E-state index is 2.52. The van der Waals surface area contributed by atoms with Crippen LogP contribution in [0.5, 0.6) is 0 Å². The van der Waals surface area contributed by atoms with Gasteiger partial charge in [-0.1, -0.05) is 190 Å². The van der Waals surface area contributed by atoms with Gasteiger partial charge in [-0.2, -0.15) is 0 Å². The number of hydrogen-bond donors (Lipinski definition) is 0. The highest BCUT2D eigenvalue weighted by molar-refractivity contribution is 6.03. The molecule has 0 N–H and O–H groups in total. The van der Waals surface area contributed by atoms with Gasteiger partial charge in [0.05, 0.1) is 16.8 Å². The van der Waals surface area contributed by atoms with Crippen molar-refractivity contribution in [1.82, 2.24) is 0 Å². The summed E-state index contributed by atoms with van der Waals surface area (Å²) < 4.78 is 0. The van der Waals surface area contributed by atoms with Crippen molar-refractivity contribution in [1.29, 1.82) is 0 Å². The first-order valence-corrected chi connectivity index (χ1v) is 19.8. The van der Waals surface area contributed by atoms with Gasteiger partial charge in [0.2, 0.25) is 0 Å². The van der Waals surface area contributed by atoms with Gasteiger partial charge in [0.1, 0.15) is 0 Å². The van der Waals surface area contributed by atoms with Crippen LogP contribution in [0, 0.1) is 0 Å². The standard InChI is InChI=1S/C55H41N/c1-54(2)46-25-9-11-27-48(46)55(49-28-12-10-26-47(49)54)36-40-18-5-8-23-45(40)53-50(55)29-15-31-52(53)56(51-30-14-20-38-17-4-7-22-44(38)51)41-34-32-39(33-35-41)43-24-13-19-37-16-3-6-21-42(37)43/h3-35H,36H2,1-2H3. The molecule has 0 radical (unpaired) electrons. The van der Waals surface area contributed by atoms with E-state index in [1.54, 1.807) is 0 Å². The van der Waals surface area contributed by atoms with Crippen LogP contribution < -0.4 is 4.90 Å². The van der Waals surface area contributed by atoms with Crippen LogP contribution in [-0.4, -0.2) is 0 Å². The molecule has 1 spiro atoms. The average Bonchev–Trinajstić information content (AvgIpc) is 3.26. The first kappa shape index (κ1) is 32.7. The lowest BCUT2D eigenvalue weighted by Crippen LogP contribution is -2.44. The summed E-state index contributed by atoms with van der Waals surface area (Å²) in [5.41, 5.74) is 16.4. The molecular formula is C55H41N. The fraction of sp³-hybridized carbons (Fsp3) is 0.0909. The van der Waals surface area contributed by atoms with E-state index >= 15 is 0 Å². The smallest absolute Gasteiger partial charge is 0.0543 e. The van der Waals surface area contributed by atoms with Crippen molar-refractivity contribution in [3.8, 4) is 22.3 Å². The highest BCUT2D eigenvalue weighted by Crippen LogP contribution is 2.60. The van der Waals surface area contributed by atoms with Gasteiger partial charge in [-0.3, -0.25) is 0 Å². The van der Waals surface area contributed by atoms with Crippen molar-refractivity contribution in [2.75, 3.05) is 4.90 Å². The average molecular weight is 716 g/mol. The predicted octanol–water partition coefficient (Wildman–Crippen LogP) is 14.3. The molecule has 9 aromatic carbocycles. The summed E-state index contributed by atoms with van der Waals surface area (Å²) in [7, 11) is 0. The molecule has 2 aliphatic rings. The molecule has 9 aromatic rings. The topological polar surface area (TPSA) is 3.24 Å². The molecule has 0 unspecified atom stereocenters. The van der Waals surface area contributed by atoms with Crippen LogP contribution in [0.2, 0.25) is 0 Å². The van der Waals surface area contributed by atoms with E-state index in [9.17, 15) is 0 Å². The van der Waals surface area contributed by atoms with E-state index in [4.69, 9.17) is 0 Å². The fourth-order valence-corrected chi connectivity index (χ4v) is 10.3. The van der Waals surface area contributed by atoms with Crippen molar-refractivity contribution >= 4 is 38.6 Å². The van der Waals surface area contributed by atoms with Gasteiger partial charge in [0.15, 0.2) is 0 Å². The van der Waals surface area contributed by atoms with Crippen LogP contribution in [0.15, 0.2) is 200 Å². The van der Waals surface area contributed by atoms with Gasteiger partial charge in [-0.05, 0) is 96.9 Å². The Morgan fingerprint density at radius 3 is 1.62 bits per heavy atom. The Bertz CT molecular complexity index is 2920. The van der Waals surface area contributed by atoms with Crippen LogP contribution in [0.3, 0.4) is 0 Å². The van der Waals surface area contributed by atoms with E-state index in [0.29, 0.717) is 0 Å². The Kier molecular flexibility index (Phi) is 7.25. The summed E-state index contributed by atoms with van der Waals surface area (Å²) in [4.78, 5) is 2.52. The van der Waals surface area contributed by atoms with Crippen LogP contribution in [0.4, 0.5) is 17.1 Å². The first-order valence-electron chi connectivity index (χ1n) is 19.8. The van der Waals surface area contributed by atoms with Crippen molar-refractivity contribution in [3.63, 3.8) is 0 Å². The monoisotopic (exact) mass is 715 g/mol. The van der Waals surface area contributed by atoms with E-state index in [-0.39, 0.29) is 10.8 Å². The zero-order valence-electron chi connectivity index (χ0n) is 31.7. The Balaban J connectivity index is 1.21. The molecule has 0 bridgehead atoms. The number of nitrogens with zero attached hydrogens (tertiary/aromatic N) is 1. The molecule has 0 saturated carbocycles. The third-order valence-corrected chi connectivity index (χ3v) is 12.8. The maximum absolute atomic E-state index is 2.52. The second kappa shape index (κ2) is 12.4. The number of anilines is 3. The lowest BCUT2D eigenvalue weighted by Gasteiger charge is -2.50. The molecule has 56 heavy (non-hydrogen) atoms. The number of benzene rings is 9. The van der Waals surface area contributed by atoms with Crippen molar-refractivity contribution in [2.45, 2.75) is 31.1 Å². The molecule has 1 nitrogen and oxygen atoms in total. The molecule has 0 aromatic heterocycles. The van der Waals surface area contributed by atoms with Gasteiger partial charge in [-0.25, -0.2) is 0 Å². The molecule has 0 fully saturated rings. The van der Waals surface area contributed by atoms with E-state index in [0.717, 1.165) is 17.8 Å². The van der Waals surface area contributed by atoms with Gasteiger partial charge in [-0.15, -0.1) is 0 Å². The molecule has 0 atom stereocenters. The SMILES string of the molecule is CC1(C)c2ccccc2C2(Cc3ccccc3-c3c(N(c4ccc(-c5cccc6ccccc56)cc4)c4cccc5ccccc45)cccc32)c2ccccc21. The van der Waals surface area contributed by atoms with Crippen molar-refractivity contribution in [2.24, 2.45) is 0 Å². The molecule has 1 heteroatoms. The highest BCUT2D eigenvalue weighted by Gasteiger charge is 2.51. The van der Waals surface area contributed by atoms with Crippen LogP contribution in [-0.2, 0) is 17.3 Å². The van der Waals surface area contributed by atoms with E-state index in [1.807, 2.05) is 0 Å². The summed E-state index contributed by atoms with van der Waals surface area (Å²) >= 11 is 0. The predicted molar refractivity (Wildman–Crippen MR) is 236 cm³/mol. The van der Waals surface area contributed by atoms with Gasteiger partial charge in [0.25, 0.3) is 0 Å². The summed E-state index contributed by atoms with van der Waals surface area (Å²) in [6.07, 6.45) is 0.901. The first-order chi connectivity index (χ1) is 27.5. The van der Waals surface area contributed by atoms with Gasteiger partial charge >= 0.3 is 0 Å². The van der Waals surface area contributed by atoms with Crippen LogP contribution in [0.1, 0.15) is 47.2 Å². The fourth-order valence-electron chi connectivity index (χ4n) is 10.3. The van der Waals surface area contributed by atoms with E-state index in [1.165, 1.54) is 82.9 Å². The Labute approximate surface area is 329 Å². The van der Waals surface area contributed by atoms with Crippen LogP contribution >= 0.6 is 0 Å². The second-order valence-corrected chi connectivity index (χ2v) is 16.1. The molecule has 11 rings (SSSR count). The summed E-state index contributed by atoms with van der Waals surface area (Å²) in [6, 6.07) is 74.7. The van der Waals surface area contributed by atoms with Crippen LogP contribution in [0.25, 0.3) is 43.8 Å².